The Morgan fingerprint density at radius 2 is 2.04 bits per heavy atom. The van der Waals surface area contributed by atoms with Crippen LogP contribution in [0.5, 0.6) is 0 Å². The summed E-state index contributed by atoms with van der Waals surface area (Å²) in [5.41, 5.74) is 1.25. The van der Waals surface area contributed by atoms with Gasteiger partial charge < -0.3 is 15.4 Å². The van der Waals surface area contributed by atoms with E-state index >= 15 is 0 Å². The molecule has 2 heterocycles. The molecule has 24 heavy (non-hydrogen) atoms. The van der Waals surface area contributed by atoms with E-state index < -0.39 is 0 Å². The van der Waals surface area contributed by atoms with E-state index in [0.717, 1.165) is 51.9 Å². The third-order valence-corrected chi connectivity index (χ3v) is 4.17. The fourth-order valence-corrected chi connectivity index (χ4v) is 2.68. The lowest BCUT2D eigenvalue weighted by Gasteiger charge is -2.41. The Bertz CT molecular complexity index is 510. The van der Waals surface area contributed by atoms with E-state index in [1.807, 2.05) is 24.0 Å². The van der Waals surface area contributed by atoms with Crippen molar-refractivity contribution in [2.24, 2.45) is 4.99 Å². The Morgan fingerprint density at radius 3 is 2.62 bits per heavy atom. The van der Waals surface area contributed by atoms with Crippen LogP contribution in [0.4, 0.5) is 0 Å². The highest BCUT2D eigenvalue weighted by molar-refractivity contribution is 14.0. The number of nitrogens with zero attached hydrogens (tertiary/aromatic N) is 4. The van der Waals surface area contributed by atoms with Crippen molar-refractivity contribution in [1.29, 1.82) is 0 Å². The van der Waals surface area contributed by atoms with Gasteiger partial charge in [0.05, 0.1) is 26.0 Å². The van der Waals surface area contributed by atoms with Gasteiger partial charge in [-0.05, 0) is 26.3 Å². The largest absolute Gasteiger partial charge is 0.379 e. The quantitative estimate of drug-likeness (QED) is 0.386. The molecule has 0 radical (unpaired) electrons. The number of aliphatic imine (C=N–C) groups is 1. The molecule has 2 N–H and O–H groups in total. The summed E-state index contributed by atoms with van der Waals surface area (Å²) in [4.78, 5) is 6.76. The molecule has 0 amide bonds. The highest BCUT2D eigenvalue weighted by Crippen LogP contribution is 2.14. The van der Waals surface area contributed by atoms with E-state index in [4.69, 9.17) is 4.74 Å². The molecule has 2 rings (SSSR count). The Kier molecular flexibility index (Phi) is 8.99. The lowest BCUT2D eigenvalue weighted by molar-refractivity contribution is -0.00834. The molecule has 1 aliphatic rings. The Hall–Kier alpha value is -0.870. The summed E-state index contributed by atoms with van der Waals surface area (Å²) in [5.74, 6) is 0.829. The predicted molar refractivity (Wildman–Crippen MR) is 108 cm³/mol. The number of halogens is 1. The van der Waals surface area contributed by atoms with Crippen LogP contribution in [0.2, 0.25) is 0 Å². The Labute approximate surface area is 162 Å². The van der Waals surface area contributed by atoms with Gasteiger partial charge >= 0.3 is 0 Å². The fraction of sp³-hybridized carbons (Fsp3) is 0.750. The van der Waals surface area contributed by atoms with E-state index in [2.05, 4.69) is 39.5 Å². The first-order valence-corrected chi connectivity index (χ1v) is 8.27. The lowest BCUT2D eigenvalue weighted by Crippen LogP contribution is -2.56. The van der Waals surface area contributed by atoms with Gasteiger partial charge in [-0.1, -0.05) is 0 Å². The number of guanidine groups is 1. The normalized spacial score (nSPS) is 16.6. The first-order valence-electron chi connectivity index (χ1n) is 8.27. The van der Waals surface area contributed by atoms with E-state index in [0.29, 0.717) is 0 Å². The van der Waals surface area contributed by atoms with Gasteiger partial charge in [0.15, 0.2) is 5.96 Å². The molecular formula is C16H31IN6O. The number of morpholine rings is 1. The van der Waals surface area contributed by atoms with Crippen LogP contribution in [0.15, 0.2) is 17.4 Å². The van der Waals surface area contributed by atoms with Gasteiger partial charge in [-0.3, -0.25) is 14.6 Å². The first-order chi connectivity index (χ1) is 11.0. The summed E-state index contributed by atoms with van der Waals surface area (Å²) in [6.07, 6.45) is 3.91. The second-order valence-electron chi connectivity index (χ2n) is 6.55. The highest BCUT2D eigenvalue weighted by Gasteiger charge is 2.28. The average Bonchev–Trinajstić information content (AvgIpc) is 2.97. The van der Waals surface area contributed by atoms with Crippen molar-refractivity contribution in [3.05, 3.63) is 18.0 Å². The van der Waals surface area contributed by atoms with Crippen LogP contribution in [0, 0.1) is 6.92 Å². The molecule has 1 saturated heterocycles. The van der Waals surface area contributed by atoms with Crippen LogP contribution in [-0.4, -0.2) is 72.6 Å². The van der Waals surface area contributed by atoms with Crippen molar-refractivity contribution in [2.45, 2.75) is 32.9 Å². The van der Waals surface area contributed by atoms with Gasteiger partial charge in [0.1, 0.15) is 0 Å². The minimum atomic E-state index is 0. The number of rotatable bonds is 6. The average molecular weight is 450 g/mol. The molecule has 138 valence electrons. The molecule has 0 saturated carbocycles. The summed E-state index contributed by atoms with van der Waals surface area (Å²) >= 11 is 0. The van der Waals surface area contributed by atoms with E-state index in [1.54, 1.807) is 7.05 Å². The molecule has 1 aromatic heterocycles. The van der Waals surface area contributed by atoms with Crippen molar-refractivity contribution in [3.63, 3.8) is 0 Å². The smallest absolute Gasteiger partial charge is 0.191 e. The van der Waals surface area contributed by atoms with Crippen LogP contribution in [0.1, 0.15) is 19.4 Å². The summed E-state index contributed by atoms with van der Waals surface area (Å²) in [7, 11) is 1.80. The molecule has 0 spiro atoms. The maximum absolute atomic E-state index is 5.43. The summed E-state index contributed by atoms with van der Waals surface area (Å²) < 4.78 is 7.37. The van der Waals surface area contributed by atoms with E-state index in [-0.39, 0.29) is 29.5 Å². The maximum Gasteiger partial charge on any atom is 0.191 e. The molecule has 0 atom stereocenters. The third kappa shape index (κ3) is 6.56. The minimum Gasteiger partial charge on any atom is -0.379 e. The SMILES string of the molecule is CN=C(NCCn1cc(C)cn1)NCC(C)(C)N1CCOCC1.I. The molecule has 0 aromatic carbocycles. The zero-order valence-corrected chi connectivity index (χ0v) is 17.5. The van der Waals surface area contributed by atoms with Crippen LogP contribution < -0.4 is 10.6 Å². The molecule has 0 aliphatic carbocycles. The van der Waals surface area contributed by atoms with Crippen molar-refractivity contribution >= 4 is 29.9 Å². The predicted octanol–water partition coefficient (Wildman–Crippen LogP) is 1.09. The van der Waals surface area contributed by atoms with Crippen LogP contribution in [0.3, 0.4) is 0 Å². The van der Waals surface area contributed by atoms with Gasteiger partial charge in [0.25, 0.3) is 0 Å². The molecule has 7 nitrogen and oxygen atoms in total. The van der Waals surface area contributed by atoms with Gasteiger partial charge in [0.2, 0.25) is 0 Å². The second-order valence-corrected chi connectivity index (χ2v) is 6.55. The number of aryl methyl sites for hydroxylation is 1. The van der Waals surface area contributed by atoms with E-state index in [1.165, 1.54) is 5.56 Å². The van der Waals surface area contributed by atoms with Gasteiger partial charge in [-0.25, -0.2) is 0 Å². The zero-order chi connectivity index (χ0) is 16.7. The Morgan fingerprint density at radius 1 is 1.33 bits per heavy atom. The highest BCUT2D eigenvalue weighted by atomic mass is 127. The van der Waals surface area contributed by atoms with Crippen LogP contribution in [0.25, 0.3) is 0 Å². The van der Waals surface area contributed by atoms with Crippen LogP contribution in [-0.2, 0) is 11.3 Å². The lowest BCUT2D eigenvalue weighted by atomic mass is 10.0. The fourth-order valence-electron chi connectivity index (χ4n) is 2.68. The molecule has 1 aliphatic heterocycles. The van der Waals surface area contributed by atoms with Crippen LogP contribution >= 0.6 is 24.0 Å². The van der Waals surface area contributed by atoms with Crippen molar-refractivity contribution in [3.8, 4) is 0 Å². The van der Waals surface area contributed by atoms with Gasteiger partial charge in [0, 0.05) is 45.0 Å². The third-order valence-electron chi connectivity index (χ3n) is 4.17. The monoisotopic (exact) mass is 450 g/mol. The van der Waals surface area contributed by atoms with Crippen molar-refractivity contribution in [2.75, 3.05) is 46.4 Å². The number of hydrogen-bond acceptors (Lipinski definition) is 4. The van der Waals surface area contributed by atoms with Crippen molar-refractivity contribution in [1.82, 2.24) is 25.3 Å². The number of ether oxygens (including phenoxy) is 1. The molecular weight excluding hydrogens is 419 g/mol. The second kappa shape index (κ2) is 10.2. The molecule has 8 heteroatoms. The van der Waals surface area contributed by atoms with E-state index in [9.17, 15) is 0 Å². The molecule has 0 bridgehead atoms. The first kappa shape index (κ1) is 21.2. The number of nitrogens with one attached hydrogen (secondary N) is 2. The zero-order valence-electron chi connectivity index (χ0n) is 15.2. The number of hydrogen-bond donors (Lipinski definition) is 2. The molecule has 1 fully saturated rings. The standard InChI is InChI=1S/C16H30N6O.HI/c1-14-11-20-22(12-14)6-5-18-15(17-4)19-13-16(2,3)21-7-9-23-10-8-21;/h11-12H,5-10,13H2,1-4H3,(H2,17,18,19);1H. The van der Waals surface area contributed by atoms with Crippen molar-refractivity contribution < 1.29 is 4.74 Å². The maximum atomic E-state index is 5.43. The van der Waals surface area contributed by atoms with Gasteiger partial charge in [-0.2, -0.15) is 5.10 Å². The molecule has 0 unspecified atom stereocenters. The summed E-state index contributed by atoms with van der Waals surface area (Å²) in [6, 6.07) is 0. The topological polar surface area (TPSA) is 66.7 Å². The van der Waals surface area contributed by atoms with Gasteiger partial charge in [-0.15, -0.1) is 24.0 Å². The summed E-state index contributed by atoms with van der Waals surface area (Å²) in [5, 5.41) is 11.0. The summed E-state index contributed by atoms with van der Waals surface area (Å²) in [6.45, 7) is 12.6. The number of aromatic nitrogens is 2. The Balaban J connectivity index is 0.00000288. The minimum absolute atomic E-state index is 0. The molecule has 1 aromatic rings.